The molecule has 3 fully saturated rings. The van der Waals surface area contributed by atoms with Crippen LogP contribution in [0.2, 0.25) is 18.6 Å². The Kier molecular flexibility index (Phi) is 7.43. The van der Waals surface area contributed by atoms with Gasteiger partial charge in [0.2, 0.25) is 11.8 Å². The molecule has 4 aliphatic heterocycles. The summed E-state index contributed by atoms with van der Waals surface area (Å²) in [5.41, 5.74) is 0.858. The number of nitrogens with zero attached hydrogens (tertiary/aromatic N) is 2. The Morgan fingerprint density at radius 1 is 1.14 bits per heavy atom. The van der Waals surface area contributed by atoms with Gasteiger partial charge in [-0.3, -0.25) is 14.4 Å². The number of benzene rings is 2. The van der Waals surface area contributed by atoms with Gasteiger partial charge in [0.15, 0.2) is 5.60 Å². The highest BCUT2D eigenvalue weighted by atomic mass is 28.3. The number of hydrogen-bond donors (Lipinski definition) is 2. The van der Waals surface area contributed by atoms with Crippen LogP contribution in [-0.2, 0) is 24.7 Å². The van der Waals surface area contributed by atoms with E-state index in [-0.39, 0.29) is 48.3 Å². The van der Waals surface area contributed by atoms with E-state index in [0.29, 0.717) is 25.2 Å². The fourth-order valence-electron chi connectivity index (χ4n) is 8.05. The van der Waals surface area contributed by atoms with Crippen LogP contribution in [0.1, 0.15) is 44.6 Å². The van der Waals surface area contributed by atoms with Crippen LogP contribution in [0.3, 0.4) is 0 Å². The first-order valence-electron chi connectivity index (χ1n) is 15.1. The van der Waals surface area contributed by atoms with Crippen molar-refractivity contribution in [1.82, 2.24) is 4.90 Å². The van der Waals surface area contributed by atoms with E-state index in [4.69, 9.17) is 9.47 Å². The second-order valence-corrected chi connectivity index (χ2v) is 17.4. The van der Waals surface area contributed by atoms with E-state index in [1.54, 1.807) is 16.9 Å². The van der Waals surface area contributed by atoms with Crippen molar-refractivity contribution in [1.29, 1.82) is 0 Å². The molecule has 2 aromatic carbocycles. The van der Waals surface area contributed by atoms with Crippen LogP contribution >= 0.6 is 0 Å². The molecule has 0 aliphatic carbocycles. The van der Waals surface area contributed by atoms with E-state index in [2.05, 4.69) is 37.5 Å². The maximum Gasteiger partial charge on any atom is 0.261 e. The molecule has 42 heavy (non-hydrogen) atoms. The lowest BCUT2D eigenvalue weighted by atomic mass is 9.82. The third kappa shape index (κ3) is 4.46. The molecular formula is C32H41N3O6Si. The number of carbonyl (C=O) groups excluding carboxylic acids is 3. The van der Waals surface area contributed by atoms with E-state index in [9.17, 15) is 19.5 Å². The van der Waals surface area contributed by atoms with Crippen LogP contribution < -0.4 is 20.1 Å². The molecule has 2 aromatic rings. The summed E-state index contributed by atoms with van der Waals surface area (Å²) in [7, 11) is -0.733. The molecule has 0 radical (unpaired) electrons. The number of ether oxygens (including phenoxy) is 2. The van der Waals surface area contributed by atoms with Crippen LogP contribution in [-0.4, -0.2) is 74.8 Å². The smallest absolute Gasteiger partial charge is 0.261 e. The van der Waals surface area contributed by atoms with E-state index < -0.39 is 19.8 Å². The number of fused-ring (bicyclic) bond motifs is 2. The molecule has 0 unspecified atom stereocenters. The Bertz CT molecular complexity index is 1400. The van der Waals surface area contributed by atoms with Gasteiger partial charge in [-0.1, -0.05) is 37.3 Å². The van der Waals surface area contributed by atoms with Crippen LogP contribution in [0.25, 0.3) is 0 Å². The second kappa shape index (κ2) is 10.8. The van der Waals surface area contributed by atoms with Crippen molar-refractivity contribution in [3.8, 4) is 5.75 Å². The van der Waals surface area contributed by atoms with Gasteiger partial charge < -0.3 is 29.7 Å². The van der Waals surface area contributed by atoms with Gasteiger partial charge in [0.25, 0.3) is 5.91 Å². The van der Waals surface area contributed by atoms with Crippen LogP contribution in [0.15, 0.2) is 42.5 Å². The fourth-order valence-corrected chi connectivity index (χ4v) is 12.1. The van der Waals surface area contributed by atoms with Gasteiger partial charge in [-0.25, -0.2) is 0 Å². The number of methoxy groups -OCH3 is 1. The normalized spacial score (nSPS) is 29.0. The summed E-state index contributed by atoms with van der Waals surface area (Å²) in [6.45, 7) is 7.88. The Balaban J connectivity index is 1.42. The zero-order valence-corrected chi connectivity index (χ0v) is 25.9. The first kappa shape index (κ1) is 28.9. The van der Waals surface area contributed by atoms with Gasteiger partial charge in [-0.2, -0.15) is 0 Å². The standard InChI is InChI=1S/C32H41N3O6Si/c1-20-30(42(3,4)24-12-10-23(40-2)11-13-24)27(18-29(38)35-15-5-7-22(35)19-36)41-32(20)25-17-21(34-16-6-8-28(34)37)9-14-26(25)33-31(32)39/h9-14,17,20,22,27,30,36H,5-8,15-16,18-19H2,1-4H3,(H,33,39)/t20-,22-,27+,30-,32+/m0/s1. The highest BCUT2D eigenvalue weighted by Crippen LogP contribution is 2.59. The highest BCUT2D eigenvalue weighted by Gasteiger charge is 2.65. The van der Waals surface area contributed by atoms with Gasteiger partial charge in [0.05, 0.1) is 40.4 Å². The maximum atomic E-state index is 14.0. The monoisotopic (exact) mass is 591 g/mol. The summed E-state index contributed by atoms with van der Waals surface area (Å²) in [6, 6.07) is 13.7. The molecule has 9 nitrogen and oxygen atoms in total. The summed E-state index contributed by atoms with van der Waals surface area (Å²) in [5, 5.41) is 14.2. The van der Waals surface area contributed by atoms with E-state index in [1.165, 1.54) is 5.19 Å². The van der Waals surface area contributed by atoms with E-state index in [0.717, 1.165) is 36.3 Å². The predicted molar refractivity (Wildman–Crippen MR) is 163 cm³/mol. The first-order chi connectivity index (χ1) is 20.1. The average Bonchev–Trinajstić information content (AvgIpc) is 3.75. The maximum absolute atomic E-state index is 14.0. The molecule has 5 atom stereocenters. The lowest BCUT2D eigenvalue weighted by Gasteiger charge is -2.37. The van der Waals surface area contributed by atoms with E-state index >= 15 is 0 Å². The van der Waals surface area contributed by atoms with Crippen molar-refractivity contribution in [3.63, 3.8) is 0 Å². The number of hydrogen-bond acceptors (Lipinski definition) is 6. The fraction of sp³-hybridized carbons (Fsp3) is 0.531. The summed E-state index contributed by atoms with van der Waals surface area (Å²) in [4.78, 5) is 43.9. The Morgan fingerprint density at radius 2 is 1.90 bits per heavy atom. The van der Waals surface area contributed by atoms with Crippen molar-refractivity contribution in [3.05, 3.63) is 48.0 Å². The van der Waals surface area contributed by atoms with Gasteiger partial charge in [-0.15, -0.1) is 0 Å². The molecular weight excluding hydrogens is 550 g/mol. The number of carbonyl (C=O) groups is 3. The number of aliphatic hydroxyl groups excluding tert-OH is 1. The summed E-state index contributed by atoms with van der Waals surface area (Å²) >= 11 is 0. The third-order valence-corrected chi connectivity index (χ3v) is 14.6. The molecule has 4 aliphatic rings. The minimum Gasteiger partial charge on any atom is -0.497 e. The number of anilines is 2. The lowest BCUT2D eigenvalue weighted by molar-refractivity contribution is -0.148. The molecule has 4 heterocycles. The minimum atomic E-state index is -2.38. The largest absolute Gasteiger partial charge is 0.497 e. The molecule has 2 N–H and O–H groups in total. The molecule has 0 saturated carbocycles. The molecule has 224 valence electrons. The number of likely N-dealkylation sites (tertiary alicyclic amines) is 1. The molecule has 3 amide bonds. The first-order valence-corrected chi connectivity index (χ1v) is 18.2. The number of nitrogens with one attached hydrogen (secondary N) is 1. The molecule has 3 saturated heterocycles. The third-order valence-electron chi connectivity index (χ3n) is 10.2. The topological polar surface area (TPSA) is 108 Å². The van der Waals surface area contributed by atoms with Crippen molar-refractivity contribution < 1.29 is 29.0 Å². The van der Waals surface area contributed by atoms with Crippen LogP contribution in [0.5, 0.6) is 5.75 Å². The number of rotatable bonds is 7. The summed E-state index contributed by atoms with van der Waals surface area (Å²) < 4.78 is 12.4. The van der Waals surface area contributed by atoms with Gasteiger partial charge in [-0.05, 0) is 55.1 Å². The average molecular weight is 592 g/mol. The van der Waals surface area contributed by atoms with Gasteiger partial charge in [0.1, 0.15) is 5.75 Å². The Labute approximate surface area is 248 Å². The molecule has 6 rings (SSSR count). The van der Waals surface area contributed by atoms with Crippen molar-refractivity contribution >= 4 is 42.4 Å². The minimum absolute atomic E-state index is 0.0413. The van der Waals surface area contributed by atoms with Crippen molar-refractivity contribution in [2.45, 2.75) is 75.4 Å². The zero-order valence-electron chi connectivity index (χ0n) is 24.9. The summed E-state index contributed by atoms with van der Waals surface area (Å²) in [6.07, 6.45) is 2.64. The van der Waals surface area contributed by atoms with Crippen LogP contribution in [0, 0.1) is 5.92 Å². The quantitative estimate of drug-likeness (QED) is 0.478. The van der Waals surface area contributed by atoms with Gasteiger partial charge in [0, 0.05) is 42.4 Å². The summed E-state index contributed by atoms with van der Waals surface area (Å²) in [5.74, 6) is 0.362. The van der Waals surface area contributed by atoms with E-state index in [1.807, 2.05) is 30.3 Å². The Hall–Kier alpha value is -3.21. The van der Waals surface area contributed by atoms with Crippen molar-refractivity contribution in [2.75, 3.05) is 37.0 Å². The number of amides is 3. The number of aliphatic hydroxyl groups is 1. The molecule has 1 spiro atoms. The highest BCUT2D eigenvalue weighted by molar-refractivity contribution is 6.91. The second-order valence-electron chi connectivity index (χ2n) is 12.8. The zero-order chi connectivity index (χ0) is 29.8. The predicted octanol–water partition coefficient (Wildman–Crippen LogP) is 3.36. The Morgan fingerprint density at radius 3 is 2.57 bits per heavy atom. The lowest BCUT2D eigenvalue weighted by Crippen LogP contribution is -2.52. The molecule has 0 aromatic heterocycles. The molecule has 10 heteroatoms. The van der Waals surface area contributed by atoms with Crippen molar-refractivity contribution in [2.24, 2.45) is 5.92 Å². The molecule has 0 bridgehead atoms. The van der Waals surface area contributed by atoms with Gasteiger partial charge >= 0.3 is 0 Å². The SMILES string of the molecule is COc1ccc([Si](C)(C)[C@@H]2[C@@H](CC(=O)N3CCC[C@H]3CO)O[C@]3(C(=O)Nc4ccc(N5CCCC5=O)cc43)[C@H]2C)cc1. The van der Waals surface area contributed by atoms with Crippen LogP contribution in [0.4, 0.5) is 11.4 Å².